The van der Waals surface area contributed by atoms with Gasteiger partial charge < -0.3 is 4.74 Å². The molecule has 0 aliphatic carbocycles. The van der Waals surface area contributed by atoms with Crippen LogP contribution in [0.2, 0.25) is 0 Å². The number of rotatable bonds is 8. The molecule has 0 aliphatic heterocycles. The Morgan fingerprint density at radius 2 is 2.00 bits per heavy atom. The van der Waals surface area contributed by atoms with E-state index >= 15 is 0 Å². The molecule has 0 aliphatic rings. The van der Waals surface area contributed by atoms with Crippen LogP contribution in [-0.4, -0.2) is 33.7 Å². The first-order valence-electron chi connectivity index (χ1n) is 7.61. The number of hydrogen-bond donors (Lipinski definition) is 0. The van der Waals surface area contributed by atoms with Crippen LogP contribution in [0.4, 0.5) is 0 Å². The summed E-state index contributed by atoms with van der Waals surface area (Å²) in [6.45, 7) is 3.48. The molecule has 0 unspecified atom stereocenters. The lowest BCUT2D eigenvalue weighted by molar-refractivity contribution is 0.164. The standard InChI is InChI=1S/C17H19N3OS2/c1-2-21-10-12-23-17-19-18-16(13-15-9-6-11-22-15)20(17)14-7-4-3-5-8-14/h3-9,11H,2,10,12-13H2,1H3. The molecule has 1 aromatic carbocycles. The van der Waals surface area contributed by atoms with Crippen molar-refractivity contribution in [1.29, 1.82) is 0 Å². The van der Waals surface area contributed by atoms with Crippen molar-refractivity contribution < 1.29 is 4.74 Å². The predicted molar refractivity (Wildman–Crippen MR) is 95.7 cm³/mol. The Hall–Kier alpha value is -1.63. The summed E-state index contributed by atoms with van der Waals surface area (Å²) >= 11 is 3.43. The van der Waals surface area contributed by atoms with Crippen LogP contribution in [0.15, 0.2) is 53.0 Å². The summed E-state index contributed by atoms with van der Waals surface area (Å²) in [5.41, 5.74) is 1.10. The van der Waals surface area contributed by atoms with E-state index in [0.29, 0.717) is 0 Å². The molecule has 0 amide bonds. The monoisotopic (exact) mass is 345 g/mol. The molecule has 3 aromatic rings. The lowest BCUT2D eigenvalue weighted by Gasteiger charge is -2.09. The molecular formula is C17H19N3OS2. The Kier molecular flexibility index (Phi) is 5.85. The zero-order valence-corrected chi connectivity index (χ0v) is 14.6. The van der Waals surface area contributed by atoms with Gasteiger partial charge in [0.2, 0.25) is 0 Å². The van der Waals surface area contributed by atoms with Crippen LogP contribution in [0.1, 0.15) is 17.6 Å². The molecule has 0 fully saturated rings. The molecular weight excluding hydrogens is 326 g/mol. The molecule has 0 saturated carbocycles. The molecule has 6 heteroatoms. The number of nitrogens with zero attached hydrogens (tertiary/aromatic N) is 3. The number of benzene rings is 1. The maximum atomic E-state index is 5.42. The highest BCUT2D eigenvalue weighted by Crippen LogP contribution is 2.24. The van der Waals surface area contributed by atoms with Crippen molar-refractivity contribution in [3.63, 3.8) is 0 Å². The van der Waals surface area contributed by atoms with E-state index in [-0.39, 0.29) is 0 Å². The zero-order valence-electron chi connectivity index (χ0n) is 13.0. The van der Waals surface area contributed by atoms with Crippen molar-refractivity contribution in [3.05, 3.63) is 58.5 Å². The average Bonchev–Trinajstić information content (AvgIpc) is 3.23. The van der Waals surface area contributed by atoms with Gasteiger partial charge in [0, 0.05) is 29.3 Å². The largest absolute Gasteiger partial charge is 0.381 e. The van der Waals surface area contributed by atoms with Crippen LogP contribution in [0.3, 0.4) is 0 Å². The van der Waals surface area contributed by atoms with Gasteiger partial charge in [0.25, 0.3) is 0 Å². The van der Waals surface area contributed by atoms with Gasteiger partial charge in [-0.05, 0) is 30.5 Å². The molecule has 4 nitrogen and oxygen atoms in total. The predicted octanol–water partition coefficient (Wildman–Crippen LogP) is 4.05. The van der Waals surface area contributed by atoms with E-state index in [9.17, 15) is 0 Å². The molecule has 23 heavy (non-hydrogen) atoms. The van der Waals surface area contributed by atoms with Crippen molar-refractivity contribution in [3.8, 4) is 5.69 Å². The summed E-state index contributed by atoms with van der Waals surface area (Å²) < 4.78 is 7.57. The van der Waals surface area contributed by atoms with Crippen LogP contribution < -0.4 is 0 Å². The Labute approximate surface area is 144 Å². The Balaban J connectivity index is 1.85. The smallest absolute Gasteiger partial charge is 0.195 e. The van der Waals surface area contributed by atoms with Crippen molar-refractivity contribution in [2.45, 2.75) is 18.5 Å². The second-order valence-corrected chi connectivity index (χ2v) is 6.97. The van der Waals surface area contributed by atoms with Gasteiger partial charge in [-0.2, -0.15) is 0 Å². The molecule has 2 heterocycles. The molecule has 0 saturated heterocycles. The Morgan fingerprint density at radius 1 is 1.13 bits per heavy atom. The van der Waals surface area contributed by atoms with Crippen molar-refractivity contribution in [2.75, 3.05) is 19.0 Å². The fourth-order valence-corrected chi connectivity index (χ4v) is 3.77. The normalized spacial score (nSPS) is 11.0. The quantitative estimate of drug-likeness (QED) is 0.456. The number of thiophene rings is 1. The summed E-state index contributed by atoms with van der Waals surface area (Å²) in [4.78, 5) is 1.29. The molecule has 3 rings (SSSR count). The average molecular weight is 345 g/mol. The SMILES string of the molecule is CCOCCSc1nnc(Cc2cccs2)n1-c1ccccc1. The van der Waals surface area contributed by atoms with Gasteiger partial charge in [-0.15, -0.1) is 21.5 Å². The second-order valence-electron chi connectivity index (χ2n) is 4.87. The Bertz CT molecular complexity index is 711. The number of hydrogen-bond acceptors (Lipinski definition) is 5. The van der Waals surface area contributed by atoms with Gasteiger partial charge in [0.05, 0.1) is 6.61 Å². The third-order valence-corrected chi connectivity index (χ3v) is 5.06. The molecule has 0 bridgehead atoms. The van der Waals surface area contributed by atoms with E-state index in [4.69, 9.17) is 4.74 Å². The van der Waals surface area contributed by atoms with E-state index in [1.54, 1.807) is 23.1 Å². The van der Waals surface area contributed by atoms with E-state index in [1.807, 2.05) is 25.1 Å². The van der Waals surface area contributed by atoms with Crippen molar-refractivity contribution >= 4 is 23.1 Å². The minimum Gasteiger partial charge on any atom is -0.381 e. The third-order valence-electron chi connectivity index (χ3n) is 3.29. The van der Waals surface area contributed by atoms with Crippen molar-refractivity contribution in [2.24, 2.45) is 0 Å². The van der Waals surface area contributed by atoms with Gasteiger partial charge >= 0.3 is 0 Å². The van der Waals surface area contributed by atoms with E-state index in [2.05, 4.69) is 44.4 Å². The number of ether oxygens (including phenoxy) is 1. The number of aromatic nitrogens is 3. The summed E-state index contributed by atoms with van der Waals surface area (Å²) in [7, 11) is 0. The first-order valence-corrected chi connectivity index (χ1v) is 9.47. The molecule has 0 spiro atoms. The molecule has 0 atom stereocenters. The van der Waals surface area contributed by atoms with Crippen LogP contribution in [-0.2, 0) is 11.2 Å². The molecule has 0 radical (unpaired) electrons. The second kappa shape index (κ2) is 8.29. The third kappa shape index (κ3) is 4.22. The van der Waals surface area contributed by atoms with E-state index in [0.717, 1.165) is 42.1 Å². The number of para-hydroxylation sites is 1. The van der Waals surface area contributed by atoms with Crippen LogP contribution in [0.25, 0.3) is 5.69 Å². The highest BCUT2D eigenvalue weighted by atomic mass is 32.2. The highest BCUT2D eigenvalue weighted by Gasteiger charge is 2.15. The van der Waals surface area contributed by atoms with Gasteiger partial charge in [-0.1, -0.05) is 36.0 Å². The number of thioether (sulfide) groups is 1. The van der Waals surface area contributed by atoms with Gasteiger partial charge in [0.15, 0.2) is 5.16 Å². The van der Waals surface area contributed by atoms with Gasteiger partial charge in [0.1, 0.15) is 5.82 Å². The highest BCUT2D eigenvalue weighted by molar-refractivity contribution is 7.99. The zero-order chi connectivity index (χ0) is 15.9. The fraction of sp³-hybridized carbons (Fsp3) is 0.294. The van der Waals surface area contributed by atoms with E-state index < -0.39 is 0 Å². The first kappa shape index (κ1) is 16.2. The molecule has 2 aromatic heterocycles. The summed E-state index contributed by atoms with van der Waals surface area (Å²) in [5, 5.41) is 11.8. The van der Waals surface area contributed by atoms with Crippen LogP contribution in [0, 0.1) is 0 Å². The maximum Gasteiger partial charge on any atom is 0.195 e. The first-order chi connectivity index (χ1) is 11.4. The molecule has 0 N–H and O–H groups in total. The molecule has 120 valence electrons. The summed E-state index contributed by atoms with van der Waals surface area (Å²) in [5.74, 6) is 1.84. The van der Waals surface area contributed by atoms with Gasteiger partial charge in [-0.25, -0.2) is 0 Å². The minimum absolute atomic E-state index is 0.725. The fourth-order valence-electron chi connectivity index (χ4n) is 2.25. The Morgan fingerprint density at radius 3 is 2.74 bits per heavy atom. The van der Waals surface area contributed by atoms with E-state index in [1.165, 1.54) is 4.88 Å². The minimum atomic E-state index is 0.725. The topological polar surface area (TPSA) is 39.9 Å². The van der Waals surface area contributed by atoms with Gasteiger partial charge in [-0.3, -0.25) is 4.57 Å². The lowest BCUT2D eigenvalue weighted by Crippen LogP contribution is -2.04. The maximum absolute atomic E-state index is 5.42. The van der Waals surface area contributed by atoms with Crippen LogP contribution in [0.5, 0.6) is 0 Å². The summed E-state index contributed by atoms with van der Waals surface area (Å²) in [6.07, 6.45) is 0.797. The van der Waals surface area contributed by atoms with Crippen LogP contribution >= 0.6 is 23.1 Å². The summed E-state index contributed by atoms with van der Waals surface area (Å²) in [6, 6.07) is 14.5. The lowest BCUT2D eigenvalue weighted by atomic mass is 10.3. The van der Waals surface area contributed by atoms with Crippen molar-refractivity contribution in [1.82, 2.24) is 14.8 Å².